The fourth-order valence-corrected chi connectivity index (χ4v) is 3.13. The van der Waals surface area contributed by atoms with E-state index in [4.69, 9.17) is 13.9 Å². The van der Waals surface area contributed by atoms with Crippen LogP contribution in [0.2, 0.25) is 0 Å². The Hall–Kier alpha value is -4.34. The number of carbonyl (C=O) groups excluding carboxylic acids is 1. The van der Waals surface area contributed by atoms with Gasteiger partial charge in [-0.15, -0.1) is 0 Å². The van der Waals surface area contributed by atoms with E-state index >= 15 is 0 Å². The summed E-state index contributed by atoms with van der Waals surface area (Å²) >= 11 is 0. The van der Waals surface area contributed by atoms with Crippen LogP contribution in [0, 0.1) is 12.7 Å². The average molecular weight is 487 g/mol. The summed E-state index contributed by atoms with van der Waals surface area (Å²) in [5.74, 6) is -3.60. The number of amides is 1. The molecule has 3 aromatic carbocycles. The second kappa shape index (κ2) is 9.49. The SMILES string of the molecule is Cc1ccc(Oc2c(C(F)(F)F)oc3cc(OCC(=O)Nc4ccc(F)cc4)ccc3c2=O)cc1. The molecule has 4 rings (SSSR count). The molecule has 0 aliphatic carbocycles. The van der Waals surface area contributed by atoms with Gasteiger partial charge in [-0.3, -0.25) is 9.59 Å². The van der Waals surface area contributed by atoms with Crippen molar-refractivity contribution in [2.45, 2.75) is 13.1 Å². The number of hydrogen-bond donors (Lipinski definition) is 1. The zero-order valence-electron chi connectivity index (χ0n) is 18.1. The Morgan fingerprint density at radius 2 is 1.63 bits per heavy atom. The first-order valence-electron chi connectivity index (χ1n) is 10.2. The van der Waals surface area contributed by atoms with E-state index in [0.717, 1.165) is 23.8 Å². The number of carbonyl (C=O) groups is 1. The Morgan fingerprint density at radius 3 is 2.29 bits per heavy atom. The third kappa shape index (κ3) is 5.60. The Morgan fingerprint density at radius 1 is 0.971 bits per heavy atom. The van der Waals surface area contributed by atoms with Crippen LogP contribution in [0.5, 0.6) is 17.2 Å². The van der Waals surface area contributed by atoms with Crippen molar-refractivity contribution in [3.05, 3.63) is 94.1 Å². The molecule has 1 amide bonds. The molecule has 1 aromatic heterocycles. The summed E-state index contributed by atoms with van der Waals surface area (Å²) < 4.78 is 69.6. The first kappa shape index (κ1) is 23.8. The first-order valence-corrected chi connectivity index (χ1v) is 10.2. The third-order valence-electron chi connectivity index (χ3n) is 4.82. The van der Waals surface area contributed by atoms with Crippen LogP contribution in [0.25, 0.3) is 11.0 Å². The van der Waals surface area contributed by atoms with Gasteiger partial charge in [0.25, 0.3) is 11.7 Å². The van der Waals surface area contributed by atoms with Crippen molar-refractivity contribution in [1.82, 2.24) is 0 Å². The topological polar surface area (TPSA) is 77.8 Å². The highest BCUT2D eigenvalue weighted by molar-refractivity contribution is 5.92. The molecule has 1 N–H and O–H groups in total. The van der Waals surface area contributed by atoms with Gasteiger partial charge in [-0.25, -0.2) is 4.39 Å². The number of alkyl halides is 3. The molecule has 0 saturated heterocycles. The summed E-state index contributed by atoms with van der Waals surface area (Å²) in [6, 6.07) is 14.8. The molecule has 0 aliphatic heterocycles. The molecule has 4 aromatic rings. The number of benzene rings is 3. The van der Waals surface area contributed by atoms with Gasteiger partial charge in [0.2, 0.25) is 11.2 Å². The smallest absolute Gasteiger partial charge is 0.453 e. The number of fused-ring (bicyclic) bond motifs is 1. The van der Waals surface area contributed by atoms with Gasteiger partial charge < -0.3 is 19.2 Å². The van der Waals surface area contributed by atoms with Crippen molar-refractivity contribution in [3.63, 3.8) is 0 Å². The number of nitrogens with one attached hydrogen (secondary N) is 1. The maximum Gasteiger partial charge on any atom is 0.453 e. The summed E-state index contributed by atoms with van der Waals surface area (Å²) in [6.07, 6.45) is -5.01. The maximum absolute atomic E-state index is 13.7. The normalized spacial score (nSPS) is 11.3. The fraction of sp³-hybridized carbons (Fsp3) is 0.120. The van der Waals surface area contributed by atoms with Crippen LogP contribution in [-0.4, -0.2) is 12.5 Å². The minimum absolute atomic E-state index is 0.00441. The number of ether oxygens (including phenoxy) is 2. The molecule has 0 bridgehead atoms. The van der Waals surface area contributed by atoms with Gasteiger partial charge in [-0.05, 0) is 55.5 Å². The molecule has 0 atom stereocenters. The van der Waals surface area contributed by atoms with Crippen LogP contribution in [0.4, 0.5) is 23.2 Å². The van der Waals surface area contributed by atoms with E-state index in [1.165, 1.54) is 36.4 Å². The molecule has 0 aliphatic rings. The molecule has 0 radical (unpaired) electrons. The van der Waals surface area contributed by atoms with E-state index in [9.17, 15) is 27.2 Å². The molecule has 0 fully saturated rings. The zero-order valence-corrected chi connectivity index (χ0v) is 18.1. The molecule has 6 nitrogen and oxygen atoms in total. The molecule has 0 saturated carbocycles. The summed E-state index contributed by atoms with van der Waals surface area (Å²) in [7, 11) is 0. The van der Waals surface area contributed by atoms with Crippen LogP contribution in [-0.2, 0) is 11.0 Å². The van der Waals surface area contributed by atoms with Gasteiger partial charge in [0.05, 0.1) is 5.39 Å². The number of anilines is 1. The van der Waals surface area contributed by atoms with Crippen molar-refractivity contribution in [3.8, 4) is 17.2 Å². The molecule has 0 spiro atoms. The molecule has 1 heterocycles. The second-order valence-electron chi connectivity index (χ2n) is 7.50. The van der Waals surface area contributed by atoms with E-state index in [-0.39, 0.29) is 16.9 Å². The number of halogens is 4. The molecule has 10 heteroatoms. The minimum Gasteiger partial charge on any atom is -0.484 e. The lowest BCUT2D eigenvalue weighted by Crippen LogP contribution is -2.20. The monoisotopic (exact) mass is 487 g/mol. The zero-order chi connectivity index (χ0) is 25.2. The Balaban J connectivity index is 1.59. The third-order valence-corrected chi connectivity index (χ3v) is 4.82. The van der Waals surface area contributed by atoms with E-state index in [1.54, 1.807) is 19.1 Å². The van der Waals surface area contributed by atoms with Crippen LogP contribution in [0.15, 0.2) is 75.9 Å². The van der Waals surface area contributed by atoms with Gasteiger partial charge in [0.1, 0.15) is 22.9 Å². The highest BCUT2D eigenvalue weighted by atomic mass is 19.4. The van der Waals surface area contributed by atoms with E-state index in [2.05, 4.69) is 5.32 Å². The second-order valence-corrected chi connectivity index (χ2v) is 7.50. The van der Waals surface area contributed by atoms with Crippen LogP contribution >= 0.6 is 0 Å². The average Bonchev–Trinajstić information content (AvgIpc) is 2.81. The van der Waals surface area contributed by atoms with E-state index in [1.807, 2.05) is 0 Å². The van der Waals surface area contributed by atoms with Gasteiger partial charge in [0, 0.05) is 11.8 Å². The van der Waals surface area contributed by atoms with Crippen molar-refractivity contribution in [2.75, 3.05) is 11.9 Å². The molecule has 35 heavy (non-hydrogen) atoms. The van der Waals surface area contributed by atoms with Crippen molar-refractivity contribution >= 4 is 22.6 Å². The lowest BCUT2D eigenvalue weighted by Gasteiger charge is -2.14. The Bertz CT molecular complexity index is 1430. The highest BCUT2D eigenvalue weighted by Gasteiger charge is 2.40. The summed E-state index contributed by atoms with van der Waals surface area (Å²) in [5, 5.41) is 2.32. The summed E-state index contributed by atoms with van der Waals surface area (Å²) in [5.41, 5.74) is -0.215. The van der Waals surface area contributed by atoms with Crippen LogP contribution < -0.4 is 20.2 Å². The predicted octanol–water partition coefficient (Wildman–Crippen LogP) is 6.07. The molecular formula is C25H17F4NO5. The van der Waals surface area contributed by atoms with Crippen LogP contribution in [0.3, 0.4) is 0 Å². The summed E-state index contributed by atoms with van der Waals surface area (Å²) in [4.78, 5) is 24.9. The quantitative estimate of drug-likeness (QED) is 0.334. The van der Waals surface area contributed by atoms with Crippen molar-refractivity contribution in [2.24, 2.45) is 0 Å². The van der Waals surface area contributed by atoms with E-state index in [0.29, 0.717) is 5.69 Å². The predicted molar refractivity (Wildman–Crippen MR) is 119 cm³/mol. The van der Waals surface area contributed by atoms with Gasteiger partial charge in [-0.1, -0.05) is 17.7 Å². The lowest BCUT2D eigenvalue weighted by atomic mass is 10.2. The maximum atomic E-state index is 13.7. The number of rotatable bonds is 6. The fourth-order valence-electron chi connectivity index (χ4n) is 3.13. The Kier molecular flexibility index (Phi) is 6.46. The standard InChI is InChI=1S/C25H17F4NO5/c1-14-2-8-17(9-3-14)34-23-22(32)19-11-10-18(12-20(19)35-24(23)25(27,28)29)33-13-21(31)30-16-6-4-15(26)5-7-16/h2-12H,13H2,1H3,(H,30,31). The number of aryl methyl sites for hydroxylation is 1. The summed E-state index contributed by atoms with van der Waals surface area (Å²) in [6.45, 7) is 1.30. The lowest BCUT2D eigenvalue weighted by molar-refractivity contribution is -0.154. The van der Waals surface area contributed by atoms with Crippen LogP contribution in [0.1, 0.15) is 11.3 Å². The minimum atomic E-state index is -5.01. The highest BCUT2D eigenvalue weighted by Crippen LogP contribution is 2.38. The number of hydrogen-bond acceptors (Lipinski definition) is 5. The van der Waals surface area contributed by atoms with E-state index < -0.39 is 47.0 Å². The Labute approximate surface area is 195 Å². The molecule has 180 valence electrons. The van der Waals surface area contributed by atoms with Gasteiger partial charge in [-0.2, -0.15) is 13.2 Å². The molecular weight excluding hydrogens is 470 g/mol. The van der Waals surface area contributed by atoms with Gasteiger partial charge in [0.15, 0.2) is 6.61 Å². The largest absolute Gasteiger partial charge is 0.484 e. The molecule has 0 unspecified atom stereocenters. The van der Waals surface area contributed by atoms with Crippen molar-refractivity contribution in [1.29, 1.82) is 0 Å². The van der Waals surface area contributed by atoms with Gasteiger partial charge >= 0.3 is 6.18 Å². The van der Waals surface area contributed by atoms with Crippen molar-refractivity contribution < 1.29 is 36.2 Å². The first-order chi connectivity index (χ1) is 16.6.